The van der Waals surface area contributed by atoms with Gasteiger partial charge in [0.2, 0.25) is 11.9 Å². The van der Waals surface area contributed by atoms with Crippen molar-refractivity contribution in [3.63, 3.8) is 0 Å². The number of nitrogens with one attached hydrogen (secondary N) is 3. The van der Waals surface area contributed by atoms with E-state index >= 15 is 0 Å². The van der Waals surface area contributed by atoms with Crippen molar-refractivity contribution < 1.29 is 4.79 Å². The largest absolute Gasteiger partial charge is 0.336 e. The fraction of sp³-hybridized carbons (Fsp3) is 0.167. The second-order valence-corrected chi connectivity index (χ2v) is 4.97. The van der Waals surface area contributed by atoms with Crippen molar-refractivity contribution in [2.75, 3.05) is 12.1 Å². The maximum Gasteiger partial charge on any atom is 0.280 e. The van der Waals surface area contributed by atoms with Gasteiger partial charge in [0.1, 0.15) is 12.2 Å². The molecule has 2 aromatic heterocycles. The summed E-state index contributed by atoms with van der Waals surface area (Å²) in [7, 11) is 1.55. The minimum absolute atomic E-state index is 0.0106. The number of rotatable bonds is 2. The molecule has 0 saturated heterocycles. The Morgan fingerprint density at radius 3 is 2.88 bits per heavy atom. The maximum atomic E-state index is 12.0. The van der Waals surface area contributed by atoms with E-state index in [0.29, 0.717) is 5.82 Å². The van der Waals surface area contributed by atoms with Crippen LogP contribution in [0, 0.1) is 6.92 Å². The molecule has 0 atom stereocenters. The van der Waals surface area contributed by atoms with Crippen LogP contribution in [0.2, 0.25) is 0 Å². The number of aromatic nitrogens is 4. The topological polar surface area (TPSA) is 156 Å². The van der Waals surface area contributed by atoms with Gasteiger partial charge in [-0.15, -0.1) is 5.10 Å². The molecule has 12 heteroatoms. The highest BCUT2D eigenvalue weighted by molar-refractivity contribution is 6.71. The third-order valence-electron chi connectivity index (χ3n) is 3.25. The Morgan fingerprint density at radius 1 is 1.21 bits per heavy atom. The van der Waals surface area contributed by atoms with Crippen molar-refractivity contribution in [2.24, 2.45) is 20.1 Å². The Hall–Kier alpha value is -3.70. The molecule has 2 aromatic rings. The second-order valence-electron chi connectivity index (χ2n) is 4.97. The molecule has 2 aliphatic heterocycles. The first kappa shape index (κ1) is 13.9. The van der Waals surface area contributed by atoms with E-state index in [4.69, 9.17) is 0 Å². The monoisotopic (exact) mass is 326 g/mol. The molecule has 0 spiro atoms. The van der Waals surface area contributed by atoms with Crippen LogP contribution in [0.5, 0.6) is 0 Å². The highest BCUT2D eigenvalue weighted by Gasteiger charge is 2.27. The van der Waals surface area contributed by atoms with Gasteiger partial charge in [-0.1, -0.05) is 0 Å². The van der Waals surface area contributed by atoms with Gasteiger partial charge in [0, 0.05) is 7.05 Å². The summed E-state index contributed by atoms with van der Waals surface area (Å²) in [5.41, 5.74) is 0.310. The molecule has 4 heterocycles. The highest BCUT2D eigenvalue weighted by atomic mass is 16.2. The summed E-state index contributed by atoms with van der Waals surface area (Å²) in [4.78, 5) is 49.4. The normalized spacial score (nSPS) is 17.8. The molecule has 2 aliphatic rings. The van der Waals surface area contributed by atoms with Crippen LogP contribution < -0.4 is 15.9 Å². The standard InChI is InChI=1S/C12H10N10O2/c1-4-15-6-8(16-4)18-12(20-10(6)24)22(2)21-11-17-7-5(9(23)19-11)13-3-14-7/h3H,1-2H3,(H,19,21,23)(H2,15,16,18,20,24). The number of aromatic amines is 2. The molecular weight excluding hydrogens is 316 g/mol. The minimum Gasteiger partial charge on any atom is -0.336 e. The van der Waals surface area contributed by atoms with Crippen molar-refractivity contribution in [1.29, 1.82) is 0 Å². The van der Waals surface area contributed by atoms with Gasteiger partial charge in [-0.3, -0.25) is 19.9 Å². The Morgan fingerprint density at radius 2 is 2.04 bits per heavy atom. The van der Waals surface area contributed by atoms with E-state index < -0.39 is 5.91 Å². The van der Waals surface area contributed by atoms with Gasteiger partial charge in [-0.25, -0.2) is 20.0 Å². The number of guanidine groups is 1. The number of hydrogen-bond acceptors (Lipinski definition) is 8. The van der Waals surface area contributed by atoms with Crippen LogP contribution in [0.1, 0.15) is 5.82 Å². The molecular formula is C12H10N10O2. The van der Waals surface area contributed by atoms with Crippen LogP contribution in [0.25, 0.3) is 11.2 Å². The summed E-state index contributed by atoms with van der Waals surface area (Å²) in [6.45, 7) is 1.72. The zero-order chi connectivity index (χ0) is 16.8. The van der Waals surface area contributed by atoms with Crippen molar-refractivity contribution in [3.8, 4) is 0 Å². The highest BCUT2D eigenvalue weighted by Crippen LogP contribution is 2.10. The number of amidine groups is 1. The van der Waals surface area contributed by atoms with E-state index in [1.165, 1.54) is 11.3 Å². The van der Waals surface area contributed by atoms with Crippen LogP contribution in [0.15, 0.2) is 24.9 Å². The molecule has 0 saturated carbocycles. The van der Waals surface area contributed by atoms with Gasteiger partial charge in [0.05, 0.1) is 0 Å². The number of fused-ring (bicyclic) bond motifs is 2. The molecule has 0 aliphatic carbocycles. The first-order valence-corrected chi connectivity index (χ1v) is 6.81. The average Bonchev–Trinajstić information content (AvgIpc) is 3.13. The van der Waals surface area contributed by atoms with Gasteiger partial charge in [-0.2, -0.15) is 9.98 Å². The molecule has 120 valence electrons. The fourth-order valence-corrected chi connectivity index (χ4v) is 2.19. The van der Waals surface area contributed by atoms with E-state index in [-0.39, 0.29) is 40.2 Å². The maximum absolute atomic E-state index is 12.0. The number of hydrazone groups is 1. The van der Waals surface area contributed by atoms with Gasteiger partial charge < -0.3 is 4.98 Å². The number of aliphatic imine (C=N–C) groups is 3. The number of aryl methyl sites for hydroxylation is 1. The summed E-state index contributed by atoms with van der Waals surface area (Å²) < 4.78 is 0. The molecule has 12 nitrogen and oxygen atoms in total. The summed E-state index contributed by atoms with van der Waals surface area (Å²) in [6.07, 6.45) is 1.24. The molecule has 24 heavy (non-hydrogen) atoms. The Bertz CT molecular complexity index is 1050. The SMILES string of the molecule is Cc1nc2nc(N(C)N=C3N=C4N=CN=C4C(=O)N3)[nH]c(=O)c2[nH]1. The zero-order valence-electron chi connectivity index (χ0n) is 12.5. The van der Waals surface area contributed by atoms with Crippen molar-refractivity contribution in [1.82, 2.24) is 25.3 Å². The van der Waals surface area contributed by atoms with Crippen LogP contribution >= 0.6 is 0 Å². The number of H-pyrrole nitrogens is 2. The first-order valence-electron chi connectivity index (χ1n) is 6.81. The van der Waals surface area contributed by atoms with E-state index in [2.05, 4.69) is 45.3 Å². The summed E-state index contributed by atoms with van der Waals surface area (Å²) in [6, 6.07) is 0. The van der Waals surface area contributed by atoms with Gasteiger partial charge in [-0.05, 0) is 6.92 Å². The fourth-order valence-electron chi connectivity index (χ4n) is 2.19. The smallest absolute Gasteiger partial charge is 0.280 e. The van der Waals surface area contributed by atoms with Crippen molar-refractivity contribution in [2.45, 2.75) is 6.92 Å². The number of hydrogen-bond donors (Lipinski definition) is 3. The third kappa shape index (κ3) is 2.16. The number of carbonyl (C=O) groups is 1. The molecule has 0 unspecified atom stereocenters. The Balaban J connectivity index is 1.72. The van der Waals surface area contributed by atoms with Gasteiger partial charge in [0.25, 0.3) is 11.5 Å². The van der Waals surface area contributed by atoms with Crippen LogP contribution in [0.3, 0.4) is 0 Å². The summed E-state index contributed by atoms with van der Waals surface area (Å²) in [5.74, 6) is 0.466. The van der Waals surface area contributed by atoms with Crippen molar-refractivity contribution >= 4 is 46.9 Å². The zero-order valence-corrected chi connectivity index (χ0v) is 12.5. The van der Waals surface area contributed by atoms with Crippen LogP contribution in [-0.2, 0) is 4.79 Å². The number of amides is 1. The lowest BCUT2D eigenvalue weighted by Crippen LogP contribution is -2.43. The molecule has 0 aromatic carbocycles. The predicted octanol–water partition coefficient (Wildman–Crippen LogP) is -1.33. The number of anilines is 1. The lowest BCUT2D eigenvalue weighted by atomic mass is 10.3. The quantitative estimate of drug-likeness (QED) is 0.583. The molecule has 0 fully saturated rings. The molecule has 3 N–H and O–H groups in total. The molecule has 4 rings (SSSR count). The van der Waals surface area contributed by atoms with Crippen LogP contribution in [-0.4, -0.2) is 56.7 Å². The van der Waals surface area contributed by atoms with Gasteiger partial charge in [0.15, 0.2) is 22.7 Å². The molecule has 0 radical (unpaired) electrons. The van der Waals surface area contributed by atoms with E-state index in [1.54, 1.807) is 14.0 Å². The minimum atomic E-state index is -0.454. The predicted molar refractivity (Wildman–Crippen MR) is 86.6 cm³/mol. The summed E-state index contributed by atoms with van der Waals surface area (Å²) in [5, 5.41) is 7.85. The lowest BCUT2D eigenvalue weighted by Gasteiger charge is -2.15. The first-order chi connectivity index (χ1) is 11.5. The molecule has 0 bridgehead atoms. The number of nitrogens with zero attached hydrogens (tertiary/aromatic N) is 7. The molecule has 1 amide bonds. The third-order valence-corrected chi connectivity index (χ3v) is 3.25. The van der Waals surface area contributed by atoms with Crippen molar-refractivity contribution in [3.05, 3.63) is 16.2 Å². The summed E-state index contributed by atoms with van der Waals surface area (Å²) >= 11 is 0. The Labute approximate surface area is 133 Å². The van der Waals surface area contributed by atoms with Gasteiger partial charge >= 0.3 is 0 Å². The van der Waals surface area contributed by atoms with E-state index in [1.807, 2.05) is 0 Å². The Kier molecular flexibility index (Phi) is 2.85. The lowest BCUT2D eigenvalue weighted by molar-refractivity contribution is -0.113. The second kappa shape index (κ2) is 4.91. The average molecular weight is 326 g/mol. The number of imidazole rings is 1. The van der Waals surface area contributed by atoms with E-state index in [0.717, 1.165) is 0 Å². The van der Waals surface area contributed by atoms with E-state index in [9.17, 15) is 9.59 Å². The number of carbonyl (C=O) groups excluding carboxylic acids is 1. The van der Waals surface area contributed by atoms with Crippen LogP contribution in [0.4, 0.5) is 5.95 Å².